The Bertz CT molecular complexity index is 1070. The van der Waals surface area contributed by atoms with E-state index in [9.17, 15) is 9.59 Å². The number of nitrogens with zero attached hydrogens (tertiary/aromatic N) is 4. The fourth-order valence-electron chi connectivity index (χ4n) is 4.37. The lowest BCUT2D eigenvalue weighted by molar-refractivity contribution is -0.147. The first-order valence-corrected chi connectivity index (χ1v) is 10.6. The summed E-state index contributed by atoms with van der Waals surface area (Å²) in [5.74, 6) is 0.468. The molecule has 0 spiro atoms. The summed E-state index contributed by atoms with van der Waals surface area (Å²) in [4.78, 5) is 27.7. The molecule has 31 heavy (non-hydrogen) atoms. The van der Waals surface area contributed by atoms with Crippen molar-refractivity contribution in [2.75, 3.05) is 7.05 Å². The predicted molar refractivity (Wildman–Crippen MR) is 116 cm³/mol. The number of benzene rings is 1. The first-order chi connectivity index (χ1) is 14.8. The van der Waals surface area contributed by atoms with Crippen LogP contribution in [-0.4, -0.2) is 44.6 Å². The zero-order valence-electron chi connectivity index (χ0n) is 18.4. The van der Waals surface area contributed by atoms with Gasteiger partial charge in [-0.3, -0.25) is 14.3 Å². The average Bonchev–Trinajstić information content (AvgIpc) is 3.36. The van der Waals surface area contributed by atoms with Gasteiger partial charge in [-0.1, -0.05) is 42.4 Å². The molecule has 1 saturated heterocycles. The standard InChI is InChI=1S/C24H28N4O3/c1-15(19-12-25-28(13-19)14-21-16(2)26-31-17(21)3)20-11-23(29)27(4)22(24(20)30)10-18-8-6-5-7-9-18/h5-9,12-13,15,20,22H,10-11,14H2,1-4H3. The number of carbonyl (C=O) groups excluding carboxylic acids is 2. The third-order valence-corrected chi connectivity index (χ3v) is 6.51. The molecule has 3 heterocycles. The highest BCUT2D eigenvalue weighted by molar-refractivity contribution is 5.97. The van der Waals surface area contributed by atoms with E-state index in [0.717, 1.165) is 28.1 Å². The Balaban J connectivity index is 1.52. The van der Waals surface area contributed by atoms with Crippen LogP contribution in [0.1, 0.15) is 47.4 Å². The van der Waals surface area contributed by atoms with Crippen LogP contribution in [0.4, 0.5) is 0 Å². The molecule has 0 saturated carbocycles. The van der Waals surface area contributed by atoms with Crippen LogP contribution in [0.5, 0.6) is 0 Å². The molecule has 1 aromatic carbocycles. The molecule has 1 aliphatic rings. The number of likely N-dealkylation sites (N-methyl/N-ethyl adjacent to an activating group) is 1. The number of Topliss-reactive ketones (excluding diaryl/α,β-unsaturated/α-hetero) is 1. The van der Waals surface area contributed by atoms with E-state index >= 15 is 0 Å². The number of amides is 1. The highest BCUT2D eigenvalue weighted by Gasteiger charge is 2.42. The molecule has 0 bridgehead atoms. The smallest absolute Gasteiger partial charge is 0.223 e. The van der Waals surface area contributed by atoms with Crippen molar-refractivity contribution in [3.05, 3.63) is 70.9 Å². The minimum atomic E-state index is -0.437. The van der Waals surface area contributed by atoms with Gasteiger partial charge in [-0.25, -0.2) is 0 Å². The topological polar surface area (TPSA) is 81.2 Å². The van der Waals surface area contributed by atoms with Crippen LogP contribution in [0, 0.1) is 19.8 Å². The molecule has 3 atom stereocenters. The van der Waals surface area contributed by atoms with E-state index < -0.39 is 6.04 Å². The van der Waals surface area contributed by atoms with Crippen LogP contribution in [0.25, 0.3) is 0 Å². The maximum absolute atomic E-state index is 13.4. The third-order valence-electron chi connectivity index (χ3n) is 6.51. The first kappa shape index (κ1) is 21.0. The molecule has 0 N–H and O–H groups in total. The summed E-state index contributed by atoms with van der Waals surface area (Å²) < 4.78 is 7.07. The summed E-state index contributed by atoms with van der Waals surface area (Å²) in [5.41, 5.74) is 3.88. The van der Waals surface area contributed by atoms with Gasteiger partial charge in [0.05, 0.1) is 24.5 Å². The lowest BCUT2D eigenvalue weighted by Gasteiger charge is -2.37. The van der Waals surface area contributed by atoms with E-state index in [4.69, 9.17) is 4.52 Å². The number of hydrogen-bond donors (Lipinski definition) is 0. The Morgan fingerprint density at radius 2 is 1.94 bits per heavy atom. The summed E-state index contributed by atoms with van der Waals surface area (Å²) in [7, 11) is 1.73. The molecule has 1 fully saturated rings. The van der Waals surface area contributed by atoms with E-state index in [1.54, 1.807) is 18.1 Å². The zero-order chi connectivity index (χ0) is 22.1. The number of rotatable bonds is 6. The highest BCUT2D eigenvalue weighted by atomic mass is 16.5. The van der Waals surface area contributed by atoms with Crippen molar-refractivity contribution in [3.8, 4) is 0 Å². The summed E-state index contributed by atoms with van der Waals surface area (Å²) >= 11 is 0. The number of aromatic nitrogens is 3. The molecule has 162 valence electrons. The minimum absolute atomic E-state index is 0.0143. The van der Waals surface area contributed by atoms with E-state index in [2.05, 4.69) is 10.3 Å². The minimum Gasteiger partial charge on any atom is -0.361 e. The molecule has 0 radical (unpaired) electrons. The molecular weight excluding hydrogens is 392 g/mol. The Labute approximate surface area is 182 Å². The van der Waals surface area contributed by atoms with Crippen LogP contribution in [0.3, 0.4) is 0 Å². The molecule has 1 amide bonds. The number of ketones is 1. The van der Waals surface area contributed by atoms with Crippen molar-refractivity contribution < 1.29 is 14.1 Å². The predicted octanol–water partition coefficient (Wildman–Crippen LogP) is 3.30. The Morgan fingerprint density at radius 3 is 2.61 bits per heavy atom. The molecule has 3 unspecified atom stereocenters. The van der Waals surface area contributed by atoms with Crippen molar-refractivity contribution in [3.63, 3.8) is 0 Å². The normalized spacial score (nSPS) is 20.3. The first-order valence-electron chi connectivity index (χ1n) is 10.6. The summed E-state index contributed by atoms with van der Waals surface area (Å²) in [5, 5.41) is 8.47. The van der Waals surface area contributed by atoms with Gasteiger partial charge in [-0.05, 0) is 37.3 Å². The van der Waals surface area contributed by atoms with Gasteiger partial charge in [0.25, 0.3) is 0 Å². The Hall–Kier alpha value is -3.22. The van der Waals surface area contributed by atoms with Crippen molar-refractivity contribution in [2.45, 2.75) is 52.1 Å². The second-order valence-electron chi connectivity index (χ2n) is 8.49. The van der Waals surface area contributed by atoms with Crippen molar-refractivity contribution >= 4 is 11.7 Å². The van der Waals surface area contributed by atoms with Crippen LogP contribution in [-0.2, 0) is 22.6 Å². The number of likely N-dealkylation sites (tertiary alicyclic amines) is 1. The number of hydrogen-bond acceptors (Lipinski definition) is 5. The van der Waals surface area contributed by atoms with E-state index in [0.29, 0.717) is 13.0 Å². The van der Waals surface area contributed by atoms with Crippen LogP contribution in [0.15, 0.2) is 47.2 Å². The van der Waals surface area contributed by atoms with Gasteiger partial charge >= 0.3 is 0 Å². The Morgan fingerprint density at radius 1 is 1.19 bits per heavy atom. The van der Waals surface area contributed by atoms with Crippen molar-refractivity contribution in [1.82, 2.24) is 19.8 Å². The van der Waals surface area contributed by atoms with E-state index in [1.807, 2.05) is 62.0 Å². The number of carbonyl (C=O) groups is 2. The fraction of sp³-hybridized carbons (Fsp3) is 0.417. The largest absolute Gasteiger partial charge is 0.361 e. The van der Waals surface area contributed by atoms with Crippen molar-refractivity contribution in [1.29, 1.82) is 0 Å². The van der Waals surface area contributed by atoms with Gasteiger partial charge in [0.2, 0.25) is 5.91 Å². The SMILES string of the molecule is Cc1noc(C)c1Cn1cc(C(C)C2CC(=O)N(C)C(Cc3ccccc3)C2=O)cn1. The van der Waals surface area contributed by atoms with Crippen LogP contribution < -0.4 is 0 Å². The second-order valence-corrected chi connectivity index (χ2v) is 8.49. The molecule has 7 nitrogen and oxygen atoms in total. The molecule has 1 aliphatic heterocycles. The molecule has 7 heteroatoms. The molecule has 0 aliphatic carbocycles. The van der Waals surface area contributed by atoms with E-state index in [1.165, 1.54) is 0 Å². The average molecular weight is 421 g/mol. The maximum Gasteiger partial charge on any atom is 0.223 e. The van der Waals surface area contributed by atoms with Gasteiger partial charge in [-0.2, -0.15) is 5.10 Å². The number of piperidine rings is 1. The molecule has 4 rings (SSSR count). The quantitative estimate of drug-likeness (QED) is 0.611. The lowest BCUT2D eigenvalue weighted by atomic mass is 9.77. The van der Waals surface area contributed by atoms with Gasteiger partial charge in [0.1, 0.15) is 5.76 Å². The highest BCUT2D eigenvalue weighted by Crippen LogP contribution is 2.33. The third kappa shape index (κ3) is 4.17. The summed E-state index contributed by atoms with van der Waals surface area (Å²) in [6, 6.07) is 9.42. The zero-order valence-corrected chi connectivity index (χ0v) is 18.4. The summed E-state index contributed by atoms with van der Waals surface area (Å²) in [6.45, 7) is 6.37. The monoisotopic (exact) mass is 420 g/mol. The van der Waals surface area contributed by atoms with Crippen LogP contribution >= 0.6 is 0 Å². The van der Waals surface area contributed by atoms with Crippen molar-refractivity contribution in [2.24, 2.45) is 5.92 Å². The lowest BCUT2D eigenvalue weighted by Crippen LogP contribution is -2.52. The molecular formula is C24H28N4O3. The molecule has 3 aromatic rings. The van der Waals surface area contributed by atoms with Gasteiger partial charge in [0, 0.05) is 31.1 Å². The Kier molecular flexibility index (Phi) is 5.76. The van der Waals surface area contributed by atoms with E-state index in [-0.39, 0.29) is 29.9 Å². The fourth-order valence-corrected chi connectivity index (χ4v) is 4.37. The summed E-state index contributed by atoms with van der Waals surface area (Å²) in [6.07, 6.45) is 4.53. The van der Waals surface area contributed by atoms with Gasteiger partial charge in [0.15, 0.2) is 5.78 Å². The van der Waals surface area contributed by atoms with Crippen LogP contribution in [0.2, 0.25) is 0 Å². The second kappa shape index (κ2) is 8.49. The maximum atomic E-state index is 13.4. The molecule has 2 aromatic heterocycles. The van der Waals surface area contributed by atoms with Gasteiger partial charge < -0.3 is 9.42 Å². The number of aryl methyl sites for hydroxylation is 2. The van der Waals surface area contributed by atoms with Gasteiger partial charge in [-0.15, -0.1) is 0 Å².